The highest BCUT2D eigenvalue weighted by Crippen LogP contribution is 2.35. The Hall–Kier alpha value is -4.11. The van der Waals surface area contributed by atoms with Gasteiger partial charge in [-0.3, -0.25) is 14.4 Å². The molecule has 0 fully saturated rings. The lowest BCUT2D eigenvalue weighted by molar-refractivity contribution is -0.131. The predicted molar refractivity (Wildman–Crippen MR) is 221 cm³/mol. The van der Waals surface area contributed by atoms with Crippen LogP contribution in [0.25, 0.3) is 11.6 Å². The number of carbonyl (C=O) groups excluding carboxylic acids is 4. The van der Waals surface area contributed by atoms with Crippen molar-refractivity contribution in [3.05, 3.63) is 52.1 Å². The molecule has 0 spiro atoms. The van der Waals surface area contributed by atoms with Crippen molar-refractivity contribution in [2.45, 2.75) is 107 Å². The third-order valence-corrected chi connectivity index (χ3v) is 10.1. The average Bonchev–Trinajstić information content (AvgIpc) is 3.60. The Kier molecular flexibility index (Phi) is 17.5. The number of ether oxygens (including phenoxy) is 4. The van der Waals surface area contributed by atoms with Crippen molar-refractivity contribution in [2.75, 3.05) is 71.1 Å². The second-order valence-electron chi connectivity index (χ2n) is 16.6. The molecule has 1 unspecified atom stereocenters. The monoisotopic (exact) mass is 799 g/mol. The summed E-state index contributed by atoms with van der Waals surface area (Å²) in [5.41, 5.74) is 2.09. The van der Waals surface area contributed by atoms with Gasteiger partial charge in [0, 0.05) is 42.3 Å². The molecule has 1 aliphatic heterocycles. The number of aromatic nitrogens is 1. The number of benzene rings is 1. The van der Waals surface area contributed by atoms with Crippen molar-refractivity contribution in [3.63, 3.8) is 0 Å². The van der Waals surface area contributed by atoms with E-state index in [-0.39, 0.29) is 73.3 Å². The van der Waals surface area contributed by atoms with Crippen molar-refractivity contribution in [3.8, 4) is 0 Å². The van der Waals surface area contributed by atoms with Crippen LogP contribution in [0.5, 0.6) is 0 Å². The zero-order chi connectivity index (χ0) is 42.6. The summed E-state index contributed by atoms with van der Waals surface area (Å²) in [5, 5.41) is 5.60. The number of fused-ring (bicyclic) bond motifs is 1. The molecule has 0 bridgehead atoms. The molecule has 3 rings (SSSR count). The first-order valence-electron chi connectivity index (χ1n) is 20.1. The molecule has 1 aromatic heterocycles. The number of nitrogens with one attached hydrogen (secondary N) is 3. The molecule has 3 N–H and O–H groups in total. The van der Waals surface area contributed by atoms with Crippen LogP contribution in [-0.4, -0.2) is 116 Å². The van der Waals surface area contributed by atoms with E-state index in [0.717, 1.165) is 18.0 Å². The van der Waals surface area contributed by atoms with Crippen molar-refractivity contribution < 1.29 is 42.5 Å². The normalized spacial score (nSPS) is 14.8. The summed E-state index contributed by atoms with van der Waals surface area (Å²) in [6.45, 7) is 25.4. The van der Waals surface area contributed by atoms with Gasteiger partial charge in [-0.1, -0.05) is 41.5 Å². The largest absolute Gasteiger partial charge is 0.447 e. The van der Waals surface area contributed by atoms with Crippen LogP contribution in [-0.2, 0) is 28.5 Å². The first-order chi connectivity index (χ1) is 26.7. The van der Waals surface area contributed by atoms with Crippen molar-refractivity contribution in [1.82, 2.24) is 20.1 Å². The molecule has 13 nitrogen and oxygen atoms in total. The number of nitrogens with zero attached hydrogens (tertiary/aromatic N) is 2. The zero-order valence-electron chi connectivity index (χ0n) is 36.0. The highest BCUT2D eigenvalue weighted by Gasteiger charge is 2.31. The Morgan fingerprint density at radius 3 is 2.28 bits per heavy atom. The molecule has 57 heavy (non-hydrogen) atoms. The second-order valence-corrected chi connectivity index (χ2v) is 16.6. The summed E-state index contributed by atoms with van der Waals surface area (Å²) in [7, 11) is 0. The minimum atomic E-state index is -0.813. The highest BCUT2D eigenvalue weighted by molar-refractivity contribution is 6.35. The number of rotatable bonds is 22. The number of H-pyrrole nitrogens is 1. The lowest BCUT2D eigenvalue weighted by Crippen LogP contribution is -2.43. The van der Waals surface area contributed by atoms with Crippen LogP contribution in [0, 0.1) is 25.1 Å². The Bertz CT molecular complexity index is 1730. The summed E-state index contributed by atoms with van der Waals surface area (Å²) < 4.78 is 37.5. The number of anilines is 1. The van der Waals surface area contributed by atoms with Gasteiger partial charge in [0.2, 0.25) is 5.91 Å². The van der Waals surface area contributed by atoms with E-state index in [9.17, 15) is 23.6 Å². The first kappa shape index (κ1) is 47.3. The molecule has 0 saturated heterocycles. The smallest absolute Gasteiger partial charge is 0.416 e. The Balaban J connectivity index is 1.53. The Labute approximate surface area is 338 Å². The van der Waals surface area contributed by atoms with Crippen molar-refractivity contribution >= 4 is 41.2 Å². The fourth-order valence-corrected chi connectivity index (χ4v) is 6.22. The molecular weight excluding hydrogens is 733 g/mol. The van der Waals surface area contributed by atoms with E-state index in [1.54, 1.807) is 19.9 Å². The molecule has 1 aliphatic rings. The van der Waals surface area contributed by atoms with Gasteiger partial charge in [0.1, 0.15) is 12.4 Å². The quantitative estimate of drug-likeness (QED) is 0.0836. The van der Waals surface area contributed by atoms with Crippen LogP contribution in [0.3, 0.4) is 0 Å². The maximum absolute atomic E-state index is 14.0. The lowest BCUT2D eigenvalue weighted by Gasteiger charge is -2.33. The number of amides is 4. The number of carbonyl (C=O) groups is 4. The van der Waals surface area contributed by atoms with Gasteiger partial charge in [-0.15, -0.1) is 0 Å². The van der Waals surface area contributed by atoms with E-state index in [2.05, 4.69) is 41.3 Å². The highest BCUT2D eigenvalue weighted by atomic mass is 19.1. The van der Waals surface area contributed by atoms with Gasteiger partial charge in [0.15, 0.2) is 0 Å². The number of likely N-dealkylation sites (N-methyl/N-ethyl adjacent to an activating group) is 1. The van der Waals surface area contributed by atoms with Gasteiger partial charge < -0.3 is 39.5 Å². The third-order valence-electron chi connectivity index (χ3n) is 10.1. The van der Waals surface area contributed by atoms with E-state index in [1.165, 1.54) is 18.2 Å². The molecule has 0 aliphatic carbocycles. The molecule has 0 saturated carbocycles. The van der Waals surface area contributed by atoms with Crippen LogP contribution in [0.1, 0.15) is 114 Å². The van der Waals surface area contributed by atoms with E-state index in [1.807, 2.05) is 41.5 Å². The van der Waals surface area contributed by atoms with Crippen LogP contribution >= 0.6 is 0 Å². The molecular formula is C43H66FN5O8. The number of hydrogen-bond donors (Lipinski definition) is 3. The molecule has 2 aromatic rings. The number of aromatic amines is 1. The van der Waals surface area contributed by atoms with Crippen LogP contribution in [0.4, 0.5) is 14.9 Å². The van der Waals surface area contributed by atoms with Gasteiger partial charge in [-0.25, -0.2) is 14.1 Å². The minimum Gasteiger partial charge on any atom is -0.447 e. The summed E-state index contributed by atoms with van der Waals surface area (Å²) in [4.78, 5) is 59.3. The summed E-state index contributed by atoms with van der Waals surface area (Å²) in [6.07, 6.45) is 2.34. The molecule has 1 atom stereocenters. The summed E-state index contributed by atoms with van der Waals surface area (Å²) >= 11 is 0. The van der Waals surface area contributed by atoms with Gasteiger partial charge >= 0.3 is 6.09 Å². The van der Waals surface area contributed by atoms with E-state index in [4.69, 9.17) is 18.9 Å². The maximum Gasteiger partial charge on any atom is 0.416 e. The molecule has 4 amide bonds. The first-order valence-corrected chi connectivity index (χ1v) is 20.1. The number of imide groups is 1. The standard InChI is InChI=1S/C43H66FN5O8/c1-12-43(11,56-21-17-42(9,10)57-28-41(6,7)8)27-36(50)45-18-22-54-23-24-55-40(53)49(20-19-48(13-2)14-3)39(52)37-29(4)35(46-30(37)5)26-33-32-25-31(44)15-16-34(32)47-38(33)51/h15-16,25-26,46H,12-14,17-24,27-28H2,1-11H3,(H,45,50)(H,47,51)/b33-26-. The molecule has 14 heteroatoms. The van der Waals surface area contributed by atoms with Crippen molar-refractivity contribution in [1.29, 1.82) is 0 Å². The average molecular weight is 800 g/mol. The molecule has 0 radical (unpaired) electrons. The number of hydrogen-bond acceptors (Lipinski definition) is 9. The number of halogens is 1. The molecule has 318 valence electrons. The fraction of sp³-hybridized carbons (Fsp3) is 0.628. The molecule has 1 aromatic carbocycles. The maximum atomic E-state index is 14.0. The minimum absolute atomic E-state index is 0.0621. The lowest BCUT2D eigenvalue weighted by atomic mass is 9.96. The van der Waals surface area contributed by atoms with Gasteiger partial charge in [-0.05, 0) is 95.8 Å². The van der Waals surface area contributed by atoms with Crippen LogP contribution in [0.2, 0.25) is 0 Å². The zero-order valence-corrected chi connectivity index (χ0v) is 36.0. The summed E-state index contributed by atoms with van der Waals surface area (Å²) in [6, 6.07) is 4.06. The Morgan fingerprint density at radius 2 is 1.63 bits per heavy atom. The number of aryl methyl sites for hydroxylation is 1. The summed E-state index contributed by atoms with van der Waals surface area (Å²) in [5.74, 6) is -1.56. The fourth-order valence-electron chi connectivity index (χ4n) is 6.22. The van der Waals surface area contributed by atoms with Crippen LogP contribution in [0.15, 0.2) is 18.2 Å². The van der Waals surface area contributed by atoms with Gasteiger partial charge in [0.05, 0.1) is 55.2 Å². The second kappa shape index (κ2) is 21.1. The SMILES string of the molecule is CCN(CC)CCN(C(=O)OCCOCCNC(=O)CC(C)(CC)OCCC(C)(C)OCC(C)(C)C)C(=O)c1c(C)[nH]c(/C=C2\C(=O)Nc3ccc(F)cc32)c1C. The van der Waals surface area contributed by atoms with E-state index < -0.39 is 23.4 Å². The van der Waals surface area contributed by atoms with Gasteiger partial charge in [0.25, 0.3) is 11.8 Å². The topological polar surface area (TPSA) is 152 Å². The Morgan fingerprint density at radius 1 is 0.930 bits per heavy atom. The third kappa shape index (κ3) is 14.3. The van der Waals surface area contributed by atoms with E-state index in [0.29, 0.717) is 60.8 Å². The van der Waals surface area contributed by atoms with E-state index >= 15 is 0 Å². The van der Waals surface area contributed by atoms with Gasteiger partial charge in [-0.2, -0.15) is 0 Å². The predicted octanol–water partition coefficient (Wildman–Crippen LogP) is 7.12. The van der Waals surface area contributed by atoms with Crippen molar-refractivity contribution in [2.24, 2.45) is 5.41 Å². The molecule has 2 heterocycles. The van der Waals surface area contributed by atoms with Crippen LogP contribution < -0.4 is 10.6 Å².